The number of fused-ring (bicyclic) bond motifs is 1. The van der Waals surface area contributed by atoms with Crippen molar-refractivity contribution in [3.05, 3.63) is 24.3 Å². The van der Waals surface area contributed by atoms with Crippen LogP contribution in [0.2, 0.25) is 0 Å². The molecule has 1 aliphatic heterocycles. The van der Waals surface area contributed by atoms with Crippen molar-refractivity contribution in [3.63, 3.8) is 0 Å². The minimum atomic E-state index is 0.113. The van der Waals surface area contributed by atoms with Crippen LogP contribution in [0, 0.1) is 0 Å². The third kappa shape index (κ3) is 1.58. The lowest BCUT2D eigenvalue weighted by molar-refractivity contribution is -0.116. The Balaban J connectivity index is 2.49. The number of hydrogen-bond acceptors (Lipinski definition) is 2. The maximum atomic E-state index is 11.5. The second-order valence-electron chi connectivity index (χ2n) is 4.08. The number of amides is 1. The highest BCUT2D eigenvalue weighted by atomic mass is 16.2. The van der Waals surface area contributed by atoms with E-state index in [-0.39, 0.29) is 5.91 Å². The van der Waals surface area contributed by atoms with E-state index in [1.807, 2.05) is 23.1 Å². The van der Waals surface area contributed by atoms with E-state index in [0.717, 1.165) is 17.9 Å². The molecule has 15 heavy (non-hydrogen) atoms. The van der Waals surface area contributed by atoms with Crippen LogP contribution in [-0.4, -0.2) is 25.5 Å². The molecule has 0 aromatic heterocycles. The molecule has 1 unspecified atom stereocenters. The molecular formula is C12H16N2O. The maximum absolute atomic E-state index is 11.5. The minimum absolute atomic E-state index is 0.113. The zero-order valence-electron chi connectivity index (χ0n) is 9.40. The molecule has 0 fully saturated rings. The summed E-state index contributed by atoms with van der Waals surface area (Å²) in [6, 6.07) is 8.40. The van der Waals surface area contributed by atoms with Gasteiger partial charge >= 0.3 is 0 Å². The molecule has 3 heteroatoms. The van der Waals surface area contributed by atoms with Crippen molar-refractivity contribution in [2.45, 2.75) is 19.9 Å². The fourth-order valence-electron chi connectivity index (χ4n) is 2.01. The first-order valence-corrected chi connectivity index (χ1v) is 5.21. The van der Waals surface area contributed by atoms with Gasteiger partial charge in [-0.25, -0.2) is 0 Å². The van der Waals surface area contributed by atoms with Crippen LogP contribution >= 0.6 is 0 Å². The molecule has 1 heterocycles. The number of likely N-dealkylation sites (N-methyl/N-ethyl adjacent to an activating group) is 1. The van der Waals surface area contributed by atoms with E-state index in [0.29, 0.717) is 6.04 Å². The van der Waals surface area contributed by atoms with E-state index in [2.05, 4.69) is 24.9 Å². The standard InChI is InChI=1S/C12H16N2O/c1-9-8-14(10(2)15)12-7-5-4-6-11(12)13(9)3/h4-7,9H,8H2,1-3H3. The van der Waals surface area contributed by atoms with Crippen molar-refractivity contribution < 1.29 is 4.79 Å². The first kappa shape index (κ1) is 10.0. The largest absolute Gasteiger partial charge is 0.368 e. The Bertz CT molecular complexity index is 389. The third-order valence-electron chi connectivity index (χ3n) is 3.04. The summed E-state index contributed by atoms with van der Waals surface area (Å²) in [5.74, 6) is 0.113. The zero-order valence-corrected chi connectivity index (χ0v) is 9.40. The highest BCUT2D eigenvalue weighted by molar-refractivity contribution is 5.96. The van der Waals surface area contributed by atoms with Gasteiger partial charge in [0.15, 0.2) is 0 Å². The summed E-state index contributed by atoms with van der Waals surface area (Å²) in [5.41, 5.74) is 2.15. The van der Waals surface area contributed by atoms with Crippen LogP contribution < -0.4 is 9.80 Å². The number of carbonyl (C=O) groups excluding carboxylic acids is 1. The fourth-order valence-corrected chi connectivity index (χ4v) is 2.01. The molecule has 1 aromatic carbocycles. The predicted molar refractivity (Wildman–Crippen MR) is 62.3 cm³/mol. The van der Waals surface area contributed by atoms with E-state index in [1.165, 1.54) is 0 Å². The fraction of sp³-hybridized carbons (Fsp3) is 0.417. The molecule has 0 N–H and O–H groups in total. The van der Waals surface area contributed by atoms with E-state index >= 15 is 0 Å². The lowest BCUT2D eigenvalue weighted by atomic mass is 10.1. The normalized spacial score (nSPS) is 20.1. The number of hydrogen-bond donors (Lipinski definition) is 0. The highest BCUT2D eigenvalue weighted by Crippen LogP contribution is 2.33. The Hall–Kier alpha value is -1.51. The summed E-state index contributed by atoms with van der Waals surface area (Å²) in [5, 5.41) is 0. The second kappa shape index (κ2) is 3.57. The summed E-state index contributed by atoms with van der Waals surface area (Å²) in [6.45, 7) is 4.52. The Morgan fingerprint density at radius 1 is 1.33 bits per heavy atom. The number of carbonyl (C=O) groups is 1. The van der Waals surface area contributed by atoms with E-state index in [9.17, 15) is 4.79 Å². The average Bonchev–Trinajstić information content (AvgIpc) is 2.23. The van der Waals surface area contributed by atoms with Crippen LogP contribution in [0.1, 0.15) is 13.8 Å². The number of anilines is 2. The molecular weight excluding hydrogens is 188 g/mol. The number of benzene rings is 1. The topological polar surface area (TPSA) is 23.6 Å². The Kier molecular flexibility index (Phi) is 2.39. The molecule has 2 rings (SSSR count). The van der Waals surface area contributed by atoms with Crippen LogP contribution in [0.3, 0.4) is 0 Å². The average molecular weight is 204 g/mol. The van der Waals surface area contributed by atoms with E-state index in [4.69, 9.17) is 0 Å². The lowest BCUT2D eigenvalue weighted by Crippen LogP contribution is -2.47. The third-order valence-corrected chi connectivity index (χ3v) is 3.04. The molecule has 1 amide bonds. The SMILES string of the molecule is CC(=O)N1CC(C)N(C)c2ccccc21. The van der Waals surface area contributed by atoms with Crippen LogP contribution in [0.4, 0.5) is 11.4 Å². The summed E-state index contributed by atoms with van der Waals surface area (Å²) in [4.78, 5) is 15.6. The molecule has 0 saturated carbocycles. The Labute approximate surface area is 90.3 Å². The van der Waals surface area contributed by atoms with Gasteiger partial charge in [0.05, 0.1) is 11.4 Å². The van der Waals surface area contributed by atoms with Crippen LogP contribution in [0.25, 0.3) is 0 Å². The monoisotopic (exact) mass is 204 g/mol. The molecule has 0 radical (unpaired) electrons. The smallest absolute Gasteiger partial charge is 0.223 e. The van der Waals surface area contributed by atoms with Gasteiger partial charge in [0.25, 0.3) is 0 Å². The van der Waals surface area contributed by atoms with Gasteiger partial charge in [-0.1, -0.05) is 12.1 Å². The van der Waals surface area contributed by atoms with Gasteiger partial charge < -0.3 is 9.80 Å². The first-order valence-electron chi connectivity index (χ1n) is 5.21. The molecule has 0 bridgehead atoms. The Morgan fingerprint density at radius 3 is 2.53 bits per heavy atom. The van der Waals surface area contributed by atoms with Gasteiger partial charge in [-0.3, -0.25) is 4.79 Å². The Morgan fingerprint density at radius 2 is 1.93 bits per heavy atom. The van der Waals surface area contributed by atoms with Gasteiger partial charge in [-0.15, -0.1) is 0 Å². The second-order valence-corrected chi connectivity index (χ2v) is 4.08. The molecule has 1 aromatic rings. The number of para-hydroxylation sites is 2. The summed E-state index contributed by atoms with van der Waals surface area (Å²) < 4.78 is 0. The molecule has 0 aliphatic carbocycles. The highest BCUT2D eigenvalue weighted by Gasteiger charge is 2.27. The van der Waals surface area contributed by atoms with E-state index < -0.39 is 0 Å². The van der Waals surface area contributed by atoms with Gasteiger partial charge in [0.1, 0.15) is 0 Å². The summed E-state index contributed by atoms with van der Waals surface area (Å²) in [6.07, 6.45) is 0. The summed E-state index contributed by atoms with van der Waals surface area (Å²) in [7, 11) is 2.07. The van der Waals surface area contributed by atoms with Crippen LogP contribution in [0.5, 0.6) is 0 Å². The van der Waals surface area contributed by atoms with Gasteiger partial charge in [0, 0.05) is 26.6 Å². The molecule has 80 valence electrons. The maximum Gasteiger partial charge on any atom is 0.223 e. The van der Waals surface area contributed by atoms with Gasteiger partial charge in [-0.2, -0.15) is 0 Å². The first-order chi connectivity index (χ1) is 7.11. The van der Waals surface area contributed by atoms with Crippen molar-refractivity contribution in [3.8, 4) is 0 Å². The predicted octanol–water partition coefficient (Wildman–Crippen LogP) is 1.88. The lowest BCUT2D eigenvalue weighted by Gasteiger charge is -2.39. The molecule has 1 atom stereocenters. The molecule has 1 aliphatic rings. The van der Waals surface area contributed by atoms with Gasteiger partial charge in [-0.05, 0) is 19.1 Å². The van der Waals surface area contributed by atoms with Crippen molar-refractivity contribution in [1.82, 2.24) is 0 Å². The minimum Gasteiger partial charge on any atom is -0.368 e. The number of nitrogens with zero attached hydrogens (tertiary/aromatic N) is 2. The van der Waals surface area contributed by atoms with E-state index in [1.54, 1.807) is 6.92 Å². The van der Waals surface area contributed by atoms with Crippen molar-refractivity contribution in [2.24, 2.45) is 0 Å². The zero-order chi connectivity index (χ0) is 11.0. The van der Waals surface area contributed by atoms with Crippen molar-refractivity contribution in [2.75, 3.05) is 23.4 Å². The quantitative estimate of drug-likeness (QED) is 0.644. The summed E-state index contributed by atoms with van der Waals surface area (Å²) >= 11 is 0. The molecule has 3 nitrogen and oxygen atoms in total. The van der Waals surface area contributed by atoms with Crippen molar-refractivity contribution >= 4 is 17.3 Å². The van der Waals surface area contributed by atoms with Crippen LogP contribution in [-0.2, 0) is 4.79 Å². The van der Waals surface area contributed by atoms with Gasteiger partial charge in [0.2, 0.25) is 5.91 Å². The number of rotatable bonds is 0. The molecule has 0 spiro atoms. The molecule has 0 saturated heterocycles. The van der Waals surface area contributed by atoms with Crippen LogP contribution in [0.15, 0.2) is 24.3 Å². The van der Waals surface area contributed by atoms with Crippen molar-refractivity contribution in [1.29, 1.82) is 0 Å².